The maximum Gasteiger partial charge on any atom is 0.258 e. The molecule has 0 spiro atoms. The molecule has 1 aliphatic rings. The second-order valence-electron chi connectivity index (χ2n) is 6.46. The highest BCUT2D eigenvalue weighted by Gasteiger charge is 2.31. The van der Waals surface area contributed by atoms with Crippen LogP contribution in [0.3, 0.4) is 0 Å². The molecule has 1 unspecified atom stereocenters. The summed E-state index contributed by atoms with van der Waals surface area (Å²) in [4.78, 5) is 26.0. The number of para-hydroxylation sites is 1. The fraction of sp³-hybridized carbons (Fsp3) is 0.300. The number of halogens is 1. The van der Waals surface area contributed by atoms with Gasteiger partial charge in [0.05, 0.1) is 6.04 Å². The van der Waals surface area contributed by atoms with E-state index in [2.05, 4.69) is 5.32 Å². The number of anilines is 1. The van der Waals surface area contributed by atoms with Crippen molar-refractivity contribution in [3.8, 4) is 5.75 Å². The summed E-state index contributed by atoms with van der Waals surface area (Å²) < 4.78 is 18.7. The standard InChI is InChI=1S/C20H21FN2O3/c1-13-7-8-16(9-14(13)2)23-11-15(10-20(23)25)22-19(24)12-26-18-6-4-3-5-17(18)21/h3-9,15H,10-12H2,1-2H3,(H,22,24). The van der Waals surface area contributed by atoms with E-state index in [0.717, 1.165) is 16.8 Å². The van der Waals surface area contributed by atoms with Crippen LogP contribution in [0.4, 0.5) is 10.1 Å². The van der Waals surface area contributed by atoms with Gasteiger partial charge in [0.2, 0.25) is 5.91 Å². The Morgan fingerprint density at radius 3 is 2.73 bits per heavy atom. The normalized spacial score (nSPS) is 16.7. The summed E-state index contributed by atoms with van der Waals surface area (Å²) in [5.41, 5.74) is 3.11. The van der Waals surface area contributed by atoms with Crippen LogP contribution in [0.25, 0.3) is 0 Å². The minimum absolute atomic E-state index is 0.0295. The Kier molecular flexibility index (Phi) is 5.21. The van der Waals surface area contributed by atoms with Gasteiger partial charge in [-0.05, 0) is 49.2 Å². The van der Waals surface area contributed by atoms with Crippen LogP contribution in [0, 0.1) is 19.7 Å². The van der Waals surface area contributed by atoms with E-state index in [1.54, 1.807) is 17.0 Å². The molecular weight excluding hydrogens is 335 g/mol. The summed E-state index contributed by atoms with van der Waals surface area (Å²) in [6.45, 7) is 4.13. The third kappa shape index (κ3) is 4.02. The molecule has 0 aliphatic carbocycles. The molecule has 6 heteroatoms. The van der Waals surface area contributed by atoms with Crippen LogP contribution in [0.1, 0.15) is 17.5 Å². The highest BCUT2D eigenvalue weighted by Crippen LogP contribution is 2.24. The largest absolute Gasteiger partial charge is 0.481 e. The molecular formula is C20H21FN2O3. The van der Waals surface area contributed by atoms with Gasteiger partial charge in [0.1, 0.15) is 0 Å². The first-order chi connectivity index (χ1) is 12.4. The van der Waals surface area contributed by atoms with E-state index >= 15 is 0 Å². The van der Waals surface area contributed by atoms with Gasteiger partial charge in [-0.15, -0.1) is 0 Å². The number of carbonyl (C=O) groups excluding carboxylic acids is 2. The van der Waals surface area contributed by atoms with Crippen LogP contribution < -0.4 is 15.0 Å². The summed E-state index contributed by atoms with van der Waals surface area (Å²) in [6, 6.07) is 11.5. The second-order valence-corrected chi connectivity index (χ2v) is 6.46. The Hall–Kier alpha value is -2.89. The molecule has 2 amide bonds. The van der Waals surface area contributed by atoms with Crippen molar-refractivity contribution >= 4 is 17.5 Å². The van der Waals surface area contributed by atoms with Gasteiger partial charge in [-0.25, -0.2) is 4.39 Å². The Morgan fingerprint density at radius 2 is 2.00 bits per heavy atom. The molecule has 1 saturated heterocycles. The first-order valence-corrected chi connectivity index (χ1v) is 8.48. The lowest BCUT2D eigenvalue weighted by molar-refractivity contribution is -0.123. The first kappa shape index (κ1) is 17.9. The van der Waals surface area contributed by atoms with E-state index in [-0.39, 0.29) is 36.6 Å². The molecule has 2 aromatic rings. The molecule has 1 N–H and O–H groups in total. The molecule has 1 aliphatic heterocycles. The lowest BCUT2D eigenvalue weighted by Crippen LogP contribution is -2.39. The van der Waals surface area contributed by atoms with E-state index in [1.807, 2.05) is 32.0 Å². The van der Waals surface area contributed by atoms with Crippen molar-refractivity contribution in [3.63, 3.8) is 0 Å². The van der Waals surface area contributed by atoms with Crippen LogP contribution in [-0.4, -0.2) is 31.0 Å². The number of amides is 2. The van der Waals surface area contributed by atoms with Crippen LogP contribution in [0.5, 0.6) is 5.75 Å². The molecule has 2 aromatic carbocycles. The Balaban J connectivity index is 1.56. The van der Waals surface area contributed by atoms with Crippen LogP contribution in [-0.2, 0) is 9.59 Å². The molecule has 0 bridgehead atoms. The van der Waals surface area contributed by atoms with Crippen molar-refractivity contribution in [2.75, 3.05) is 18.1 Å². The van der Waals surface area contributed by atoms with Crippen molar-refractivity contribution in [1.29, 1.82) is 0 Å². The summed E-state index contributed by atoms with van der Waals surface area (Å²) in [5.74, 6) is -0.902. The number of carbonyl (C=O) groups is 2. The Labute approximate surface area is 151 Å². The zero-order chi connectivity index (χ0) is 18.7. The second kappa shape index (κ2) is 7.56. The Bertz CT molecular complexity index is 838. The van der Waals surface area contributed by atoms with Crippen LogP contribution in [0.2, 0.25) is 0 Å². The number of nitrogens with zero attached hydrogens (tertiary/aromatic N) is 1. The fourth-order valence-corrected chi connectivity index (χ4v) is 2.92. The highest BCUT2D eigenvalue weighted by atomic mass is 19.1. The van der Waals surface area contributed by atoms with E-state index in [1.165, 1.54) is 12.1 Å². The zero-order valence-corrected chi connectivity index (χ0v) is 14.8. The summed E-state index contributed by atoms with van der Waals surface area (Å²) in [5, 5.41) is 2.78. The van der Waals surface area contributed by atoms with Crippen LogP contribution in [0.15, 0.2) is 42.5 Å². The van der Waals surface area contributed by atoms with Gasteiger partial charge in [-0.3, -0.25) is 9.59 Å². The first-order valence-electron chi connectivity index (χ1n) is 8.48. The number of hydrogen-bond acceptors (Lipinski definition) is 3. The highest BCUT2D eigenvalue weighted by molar-refractivity contribution is 5.97. The lowest BCUT2D eigenvalue weighted by Gasteiger charge is -2.18. The van der Waals surface area contributed by atoms with Crippen molar-refractivity contribution in [2.24, 2.45) is 0 Å². The number of hydrogen-bond donors (Lipinski definition) is 1. The maximum absolute atomic E-state index is 13.5. The molecule has 136 valence electrons. The third-order valence-electron chi connectivity index (χ3n) is 4.49. The smallest absolute Gasteiger partial charge is 0.258 e. The van der Waals surface area contributed by atoms with Gasteiger partial charge in [-0.1, -0.05) is 18.2 Å². The molecule has 0 saturated carbocycles. The summed E-state index contributed by atoms with van der Waals surface area (Å²) in [6.07, 6.45) is 0.234. The van der Waals surface area contributed by atoms with Gasteiger partial charge in [0, 0.05) is 18.7 Å². The predicted octanol–water partition coefficient (Wildman–Crippen LogP) is 2.74. The molecule has 1 heterocycles. The van der Waals surface area contributed by atoms with E-state index in [9.17, 15) is 14.0 Å². The van der Waals surface area contributed by atoms with Gasteiger partial charge in [-0.2, -0.15) is 0 Å². The minimum atomic E-state index is -0.516. The van der Waals surface area contributed by atoms with E-state index < -0.39 is 5.82 Å². The summed E-state index contributed by atoms with van der Waals surface area (Å²) in [7, 11) is 0. The fourth-order valence-electron chi connectivity index (χ4n) is 2.92. The zero-order valence-electron chi connectivity index (χ0n) is 14.8. The third-order valence-corrected chi connectivity index (χ3v) is 4.49. The van der Waals surface area contributed by atoms with Crippen molar-refractivity contribution < 1.29 is 18.7 Å². The number of benzene rings is 2. The number of ether oxygens (including phenoxy) is 1. The van der Waals surface area contributed by atoms with Gasteiger partial charge >= 0.3 is 0 Å². The Morgan fingerprint density at radius 1 is 1.23 bits per heavy atom. The predicted molar refractivity (Wildman–Crippen MR) is 96.7 cm³/mol. The van der Waals surface area contributed by atoms with E-state index in [0.29, 0.717) is 6.54 Å². The SMILES string of the molecule is Cc1ccc(N2CC(NC(=O)COc3ccccc3F)CC2=O)cc1C. The van der Waals surface area contributed by atoms with Crippen molar-refractivity contribution in [2.45, 2.75) is 26.3 Å². The van der Waals surface area contributed by atoms with E-state index in [4.69, 9.17) is 4.74 Å². The average molecular weight is 356 g/mol. The topological polar surface area (TPSA) is 58.6 Å². The molecule has 1 atom stereocenters. The van der Waals surface area contributed by atoms with Crippen LogP contribution >= 0.6 is 0 Å². The molecule has 3 rings (SSSR count). The lowest BCUT2D eigenvalue weighted by atomic mass is 10.1. The van der Waals surface area contributed by atoms with Crippen molar-refractivity contribution in [1.82, 2.24) is 5.32 Å². The molecule has 0 aromatic heterocycles. The average Bonchev–Trinajstić information content (AvgIpc) is 2.97. The summed E-state index contributed by atoms with van der Waals surface area (Å²) >= 11 is 0. The molecule has 0 radical (unpaired) electrons. The molecule has 5 nitrogen and oxygen atoms in total. The minimum Gasteiger partial charge on any atom is -0.481 e. The number of rotatable bonds is 5. The van der Waals surface area contributed by atoms with Gasteiger partial charge < -0.3 is 15.0 Å². The van der Waals surface area contributed by atoms with Gasteiger partial charge in [0.15, 0.2) is 18.2 Å². The maximum atomic E-state index is 13.5. The number of aryl methyl sites for hydroxylation is 2. The molecule has 1 fully saturated rings. The quantitative estimate of drug-likeness (QED) is 0.896. The number of nitrogens with one attached hydrogen (secondary N) is 1. The van der Waals surface area contributed by atoms with Crippen molar-refractivity contribution in [3.05, 3.63) is 59.4 Å². The monoisotopic (exact) mass is 356 g/mol. The molecule has 26 heavy (non-hydrogen) atoms. The van der Waals surface area contributed by atoms with Gasteiger partial charge in [0.25, 0.3) is 5.91 Å².